The van der Waals surface area contributed by atoms with E-state index in [0.29, 0.717) is 10.9 Å². The SMILES string of the molecule is COc1cccc(Nc2nnc(SCC(=O)NC34CC5CC(CC(C5)C3)C4)s2)c1. The predicted molar refractivity (Wildman–Crippen MR) is 116 cm³/mol. The van der Waals surface area contributed by atoms with Crippen molar-refractivity contribution < 1.29 is 9.53 Å². The molecule has 0 radical (unpaired) electrons. The molecule has 1 aromatic carbocycles. The summed E-state index contributed by atoms with van der Waals surface area (Å²) in [6, 6.07) is 7.68. The van der Waals surface area contributed by atoms with Crippen LogP contribution in [0.5, 0.6) is 5.75 Å². The van der Waals surface area contributed by atoms with Gasteiger partial charge in [0.2, 0.25) is 11.0 Å². The number of thioether (sulfide) groups is 1. The van der Waals surface area contributed by atoms with Gasteiger partial charge < -0.3 is 15.4 Å². The standard InChI is InChI=1S/C21H26N4O2S2/c1-27-17-4-2-3-16(8-17)22-19-24-25-20(29-19)28-12-18(26)23-21-9-13-5-14(10-21)7-15(6-13)11-21/h2-4,8,13-15H,5-7,9-12H2,1H3,(H,22,24)(H,23,26). The van der Waals surface area contributed by atoms with Crippen molar-refractivity contribution in [1.82, 2.24) is 15.5 Å². The first kappa shape index (κ1) is 19.2. The van der Waals surface area contributed by atoms with Gasteiger partial charge in [0.1, 0.15) is 5.75 Å². The summed E-state index contributed by atoms with van der Waals surface area (Å²) >= 11 is 2.93. The average molecular weight is 431 g/mol. The molecule has 8 heteroatoms. The Hall–Kier alpha value is -1.80. The van der Waals surface area contributed by atoms with Gasteiger partial charge in [-0.2, -0.15) is 0 Å². The molecular weight excluding hydrogens is 404 g/mol. The molecule has 154 valence electrons. The molecule has 1 aromatic heterocycles. The maximum atomic E-state index is 12.7. The molecule has 0 atom stereocenters. The molecule has 1 heterocycles. The van der Waals surface area contributed by atoms with Gasteiger partial charge in [0, 0.05) is 17.3 Å². The van der Waals surface area contributed by atoms with Gasteiger partial charge >= 0.3 is 0 Å². The fourth-order valence-corrected chi connectivity index (χ4v) is 7.44. The van der Waals surface area contributed by atoms with E-state index in [0.717, 1.165) is 33.5 Å². The smallest absolute Gasteiger partial charge is 0.230 e. The van der Waals surface area contributed by atoms with Gasteiger partial charge in [-0.05, 0) is 68.4 Å². The molecule has 29 heavy (non-hydrogen) atoms. The van der Waals surface area contributed by atoms with Gasteiger partial charge in [-0.3, -0.25) is 4.79 Å². The summed E-state index contributed by atoms with van der Waals surface area (Å²) in [4.78, 5) is 12.7. The van der Waals surface area contributed by atoms with Crippen LogP contribution in [0.3, 0.4) is 0 Å². The quantitative estimate of drug-likeness (QED) is 0.632. The maximum absolute atomic E-state index is 12.7. The van der Waals surface area contributed by atoms with Crippen LogP contribution in [0.4, 0.5) is 10.8 Å². The molecule has 2 N–H and O–H groups in total. The number of hydrogen-bond acceptors (Lipinski definition) is 7. The molecular formula is C21H26N4O2S2. The average Bonchev–Trinajstić information content (AvgIpc) is 3.12. The normalized spacial score (nSPS) is 29.6. The Morgan fingerprint density at radius 2 is 1.93 bits per heavy atom. The minimum Gasteiger partial charge on any atom is -0.497 e. The molecule has 2 aromatic rings. The van der Waals surface area contributed by atoms with Crippen LogP contribution in [0.2, 0.25) is 0 Å². The Morgan fingerprint density at radius 3 is 2.62 bits per heavy atom. The summed E-state index contributed by atoms with van der Waals surface area (Å²) in [5.41, 5.74) is 0.976. The van der Waals surface area contributed by atoms with E-state index in [2.05, 4.69) is 20.8 Å². The number of aromatic nitrogens is 2. The molecule has 4 saturated carbocycles. The molecule has 1 amide bonds. The topological polar surface area (TPSA) is 76.1 Å². The number of amides is 1. The Balaban J connectivity index is 1.14. The lowest BCUT2D eigenvalue weighted by molar-refractivity contribution is -0.124. The number of benzene rings is 1. The zero-order valence-electron chi connectivity index (χ0n) is 16.5. The zero-order valence-corrected chi connectivity index (χ0v) is 18.2. The third kappa shape index (κ3) is 4.23. The summed E-state index contributed by atoms with van der Waals surface area (Å²) in [5.74, 6) is 3.83. The lowest BCUT2D eigenvalue weighted by Crippen LogP contribution is -2.60. The van der Waals surface area contributed by atoms with E-state index in [1.165, 1.54) is 61.6 Å². The highest BCUT2D eigenvalue weighted by Crippen LogP contribution is 2.55. The largest absolute Gasteiger partial charge is 0.497 e. The van der Waals surface area contributed by atoms with Gasteiger partial charge in [-0.25, -0.2) is 0 Å². The third-order valence-corrected chi connectivity index (χ3v) is 8.47. The van der Waals surface area contributed by atoms with Crippen LogP contribution >= 0.6 is 23.1 Å². The monoisotopic (exact) mass is 430 g/mol. The first-order valence-corrected chi connectivity index (χ1v) is 12.1. The van der Waals surface area contributed by atoms with Crippen molar-refractivity contribution >= 4 is 39.8 Å². The Bertz CT molecular complexity index is 865. The second kappa shape index (κ2) is 7.80. The molecule has 6 rings (SSSR count). The van der Waals surface area contributed by atoms with Crippen LogP contribution < -0.4 is 15.4 Å². The summed E-state index contributed by atoms with van der Waals surface area (Å²) in [6.07, 6.45) is 7.71. The molecule has 0 saturated heterocycles. The van der Waals surface area contributed by atoms with E-state index in [4.69, 9.17) is 4.74 Å². The highest BCUT2D eigenvalue weighted by atomic mass is 32.2. The molecule has 0 aliphatic heterocycles. The molecule has 4 aliphatic carbocycles. The molecule has 4 fully saturated rings. The van der Waals surface area contributed by atoms with E-state index in [1.54, 1.807) is 7.11 Å². The second-order valence-corrected chi connectivity index (χ2v) is 11.0. The fraction of sp³-hybridized carbons (Fsp3) is 0.571. The zero-order chi connectivity index (χ0) is 19.8. The summed E-state index contributed by atoms with van der Waals surface area (Å²) in [7, 11) is 1.65. The molecule has 6 nitrogen and oxygen atoms in total. The number of methoxy groups -OCH3 is 1. The highest BCUT2D eigenvalue weighted by molar-refractivity contribution is 8.01. The van der Waals surface area contributed by atoms with Gasteiger partial charge in [0.05, 0.1) is 12.9 Å². The van der Waals surface area contributed by atoms with Crippen molar-refractivity contribution in [3.63, 3.8) is 0 Å². The molecule has 4 aliphatic rings. The Kier molecular flexibility index (Phi) is 5.16. The summed E-state index contributed by atoms with van der Waals surface area (Å²) < 4.78 is 6.04. The van der Waals surface area contributed by atoms with E-state index in [-0.39, 0.29) is 11.4 Å². The van der Waals surface area contributed by atoms with Gasteiger partial charge in [0.15, 0.2) is 4.34 Å². The van der Waals surface area contributed by atoms with Crippen molar-refractivity contribution in [1.29, 1.82) is 0 Å². The predicted octanol–water partition coefficient (Wildman–Crippen LogP) is 4.47. The fourth-order valence-electron chi connectivity index (χ4n) is 5.87. The number of ether oxygens (including phenoxy) is 1. The molecule has 0 unspecified atom stereocenters. The van der Waals surface area contributed by atoms with E-state index < -0.39 is 0 Å². The minimum absolute atomic E-state index is 0.0760. The van der Waals surface area contributed by atoms with Crippen molar-refractivity contribution in [3.8, 4) is 5.75 Å². The first-order chi connectivity index (χ1) is 14.1. The van der Waals surface area contributed by atoms with E-state index in [1.807, 2.05) is 24.3 Å². The minimum atomic E-state index is 0.0760. The third-order valence-electron chi connectivity index (χ3n) is 6.50. The van der Waals surface area contributed by atoms with Crippen LogP contribution in [-0.2, 0) is 4.79 Å². The van der Waals surface area contributed by atoms with E-state index in [9.17, 15) is 4.79 Å². The van der Waals surface area contributed by atoms with Crippen LogP contribution in [0, 0.1) is 17.8 Å². The van der Waals surface area contributed by atoms with Crippen LogP contribution in [0.15, 0.2) is 28.6 Å². The highest BCUT2D eigenvalue weighted by Gasteiger charge is 2.51. The number of anilines is 2. The molecule has 0 spiro atoms. The van der Waals surface area contributed by atoms with Crippen molar-refractivity contribution in [3.05, 3.63) is 24.3 Å². The lowest BCUT2D eigenvalue weighted by atomic mass is 9.53. The van der Waals surface area contributed by atoms with Gasteiger partial charge in [-0.1, -0.05) is 29.2 Å². The van der Waals surface area contributed by atoms with Crippen molar-refractivity contribution in [2.24, 2.45) is 17.8 Å². The van der Waals surface area contributed by atoms with Crippen LogP contribution in [-0.4, -0.2) is 34.5 Å². The van der Waals surface area contributed by atoms with Gasteiger partial charge in [0.25, 0.3) is 0 Å². The van der Waals surface area contributed by atoms with Crippen molar-refractivity contribution in [2.45, 2.75) is 48.4 Å². The van der Waals surface area contributed by atoms with E-state index >= 15 is 0 Å². The van der Waals surface area contributed by atoms with Gasteiger partial charge in [-0.15, -0.1) is 10.2 Å². The summed E-state index contributed by atoms with van der Waals surface area (Å²) in [5, 5.41) is 15.8. The molecule has 4 bridgehead atoms. The number of rotatable bonds is 7. The number of nitrogens with one attached hydrogen (secondary N) is 2. The summed E-state index contributed by atoms with van der Waals surface area (Å²) in [6.45, 7) is 0. The maximum Gasteiger partial charge on any atom is 0.230 e. The van der Waals surface area contributed by atoms with Crippen LogP contribution in [0.25, 0.3) is 0 Å². The second-order valence-electron chi connectivity index (χ2n) is 8.76. The number of carbonyl (C=O) groups is 1. The van der Waals surface area contributed by atoms with Crippen LogP contribution in [0.1, 0.15) is 38.5 Å². The lowest BCUT2D eigenvalue weighted by Gasteiger charge is -2.56. The number of nitrogens with zero attached hydrogens (tertiary/aromatic N) is 2. The first-order valence-electron chi connectivity index (χ1n) is 10.3. The Morgan fingerprint density at radius 1 is 1.21 bits per heavy atom. The number of carbonyl (C=O) groups excluding carboxylic acids is 1. The van der Waals surface area contributed by atoms with Crippen molar-refractivity contribution in [2.75, 3.05) is 18.2 Å². The number of hydrogen-bond donors (Lipinski definition) is 2. The Labute approximate surface area is 179 Å².